The number of nitrogens with one attached hydrogen (secondary N) is 1. The van der Waals surface area contributed by atoms with Crippen molar-refractivity contribution in [2.24, 2.45) is 0 Å². The fraction of sp³-hybridized carbons (Fsp3) is 0.278. The minimum atomic E-state index is -0.154. The lowest BCUT2D eigenvalue weighted by atomic mass is 10.1. The Kier molecular flexibility index (Phi) is 3.97. The van der Waals surface area contributed by atoms with E-state index >= 15 is 0 Å². The van der Waals surface area contributed by atoms with Gasteiger partial charge >= 0.3 is 0 Å². The molecule has 1 N–H and O–H groups in total. The molecular weight excluding hydrogens is 316 g/mol. The third-order valence-corrected chi connectivity index (χ3v) is 4.41. The first kappa shape index (κ1) is 15.4. The molecule has 1 aliphatic heterocycles. The Morgan fingerprint density at radius 1 is 1.16 bits per heavy atom. The molecule has 0 fully saturated rings. The van der Waals surface area contributed by atoms with Crippen LogP contribution in [0, 0.1) is 6.92 Å². The summed E-state index contributed by atoms with van der Waals surface area (Å²) >= 11 is 0. The predicted octanol–water partition coefficient (Wildman–Crippen LogP) is 1.79. The zero-order valence-electron chi connectivity index (χ0n) is 13.9. The van der Waals surface area contributed by atoms with Crippen molar-refractivity contribution in [1.29, 1.82) is 0 Å². The highest BCUT2D eigenvalue weighted by molar-refractivity contribution is 5.93. The number of aromatic nitrogens is 5. The molecule has 0 radical (unpaired) electrons. The Balaban J connectivity index is 1.44. The van der Waals surface area contributed by atoms with E-state index in [2.05, 4.69) is 30.0 Å². The van der Waals surface area contributed by atoms with Crippen LogP contribution < -0.4 is 5.32 Å². The monoisotopic (exact) mass is 334 g/mol. The van der Waals surface area contributed by atoms with E-state index < -0.39 is 0 Å². The molecule has 0 saturated carbocycles. The molecule has 3 aromatic rings. The summed E-state index contributed by atoms with van der Waals surface area (Å²) in [4.78, 5) is 21.1. The summed E-state index contributed by atoms with van der Waals surface area (Å²) in [6.45, 7) is 2.62. The highest BCUT2D eigenvalue weighted by atomic mass is 16.1. The normalized spacial score (nSPS) is 16.3. The maximum atomic E-state index is 12.5. The van der Waals surface area contributed by atoms with Crippen LogP contribution in [-0.4, -0.2) is 36.7 Å². The maximum Gasteiger partial charge on any atom is 0.254 e. The van der Waals surface area contributed by atoms with Crippen LogP contribution in [0.25, 0.3) is 11.4 Å². The summed E-state index contributed by atoms with van der Waals surface area (Å²) in [6, 6.07) is 9.75. The average molecular weight is 334 g/mol. The van der Waals surface area contributed by atoms with Gasteiger partial charge in [0.05, 0.1) is 5.56 Å². The van der Waals surface area contributed by atoms with Gasteiger partial charge in [0.2, 0.25) is 0 Å². The molecule has 0 bridgehead atoms. The van der Waals surface area contributed by atoms with E-state index in [1.165, 1.54) is 0 Å². The quantitative estimate of drug-likeness (QED) is 0.789. The Morgan fingerprint density at radius 3 is 2.68 bits per heavy atom. The van der Waals surface area contributed by atoms with Gasteiger partial charge in [0.15, 0.2) is 5.82 Å². The molecule has 126 valence electrons. The van der Waals surface area contributed by atoms with Crippen molar-refractivity contribution in [1.82, 2.24) is 30.0 Å². The summed E-state index contributed by atoms with van der Waals surface area (Å²) in [5.41, 5.74) is 1.39. The van der Waals surface area contributed by atoms with Crippen LogP contribution in [0.2, 0.25) is 0 Å². The van der Waals surface area contributed by atoms with Crippen LogP contribution >= 0.6 is 0 Å². The molecule has 0 saturated heterocycles. The number of benzene rings is 1. The number of carbonyl (C=O) groups is 1. The molecule has 0 aliphatic carbocycles. The third kappa shape index (κ3) is 3.13. The first-order chi connectivity index (χ1) is 12.2. The number of amides is 1. The second kappa shape index (κ2) is 6.43. The first-order valence-corrected chi connectivity index (χ1v) is 8.28. The van der Waals surface area contributed by atoms with Gasteiger partial charge in [-0.2, -0.15) is 0 Å². The number of rotatable bonds is 3. The second-order valence-corrected chi connectivity index (χ2v) is 6.14. The topological polar surface area (TPSA) is 85.6 Å². The van der Waals surface area contributed by atoms with Gasteiger partial charge in [0.25, 0.3) is 5.91 Å². The second-order valence-electron chi connectivity index (χ2n) is 6.14. The van der Waals surface area contributed by atoms with Gasteiger partial charge in [0.1, 0.15) is 11.6 Å². The molecule has 25 heavy (non-hydrogen) atoms. The van der Waals surface area contributed by atoms with Gasteiger partial charge in [-0.1, -0.05) is 30.3 Å². The molecule has 3 heterocycles. The highest BCUT2D eigenvalue weighted by Crippen LogP contribution is 2.16. The van der Waals surface area contributed by atoms with Crippen molar-refractivity contribution in [2.45, 2.75) is 32.4 Å². The van der Waals surface area contributed by atoms with Crippen LogP contribution in [0.5, 0.6) is 0 Å². The standard InChI is InChI=1S/C18H18N6O/c1-12-22-23-16-8-7-15(11-24(12)16)21-18(25)14-9-19-17(20-10-14)13-5-3-2-4-6-13/h2-6,9-10,15H,7-8,11H2,1H3,(H,21,25). The Labute approximate surface area is 145 Å². The Hall–Kier alpha value is -3.09. The molecule has 1 amide bonds. The van der Waals surface area contributed by atoms with E-state index in [0.29, 0.717) is 17.9 Å². The summed E-state index contributed by atoms with van der Waals surface area (Å²) in [7, 11) is 0. The minimum Gasteiger partial charge on any atom is -0.347 e. The fourth-order valence-electron chi connectivity index (χ4n) is 3.03. The highest BCUT2D eigenvalue weighted by Gasteiger charge is 2.23. The predicted molar refractivity (Wildman–Crippen MR) is 91.8 cm³/mol. The average Bonchev–Trinajstić information content (AvgIpc) is 3.03. The van der Waals surface area contributed by atoms with Crippen molar-refractivity contribution in [3.05, 3.63) is 59.9 Å². The molecule has 1 unspecified atom stereocenters. The smallest absolute Gasteiger partial charge is 0.254 e. The summed E-state index contributed by atoms with van der Waals surface area (Å²) < 4.78 is 2.06. The van der Waals surface area contributed by atoms with Gasteiger partial charge in [-0.15, -0.1) is 10.2 Å². The molecule has 0 spiro atoms. The van der Waals surface area contributed by atoms with E-state index in [-0.39, 0.29) is 11.9 Å². The number of nitrogens with zero attached hydrogens (tertiary/aromatic N) is 5. The van der Waals surface area contributed by atoms with E-state index in [1.807, 2.05) is 37.3 Å². The number of hydrogen-bond donors (Lipinski definition) is 1. The number of hydrogen-bond acceptors (Lipinski definition) is 5. The van der Waals surface area contributed by atoms with Crippen LogP contribution in [0.3, 0.4) is 0 Å². The summed E-state index contributed by atoms with van der Waals surface area (Å²) in [5.74, 6) is 2.32. The Morgan fingerprint density at radius 2 is 1.92 bits per heavy atom. The largest absolute Gasteiger partial charge is 0.347 e. The van der Waals surface area contributed by atoms with Crippen molar-refractivity contribution in [2.75, 3.05) is 0 Å². The molecule has 4 rings (SSSR count). The molecule has 1 aromatic carbocycles. The van der Waals surface area contributed by atoms with Gasteiger partial charge in [-0.3, -0.25) is 4.79 Å². The van der Waals surface area contributed by atoms with E-state index in [4.69, 9.17) is 0 Å². The number of fused-ring (bicyclic) bond motifs is 1. The molecular formula is C18H18N6O. The molecule has 7 heteroatoms. The number of carbonyl (C=O) groups excluding carboxylic acids is 1. The first-order valence-electron chi connectivity index (χ1n) is 8.28. The zero-order valence-corrected chi connectivity index (χ0v) is 13.9. The molecule has 2 aromatic heterocycles. The van der Waals surface area contributed by atoms with Gasteiger partial charge in [-0.05, 0) is 13.3 Å². The molecule has 7 nitrogen and oxygen atoms in total. The van der Waals surface area contributed by atoms with E-state index in [1.54, 1.807) is 12.4 Å². The van der Waals surface area contributed by atoms with Gasteiger partial charge in [-0.25, -0.2) is 9.97 Å². The van der Waals surface area contributed by atoms with Crippen molar-refractivity contribution in [3.8, 4) is 11.4 Å². The van der Waals surface area contributed by atoms with Crippen LogP contribution in [-0.2, 0) is 13.0 Å². The van der Waals surface area contributed by atoms with Gasteiger partial charge in [0, 0.05) is 37.0 Å². The Bertz CT molecular complexity index is 888. The summed E-state index contributed by atoms with van der Waals surface area (Å²) in [5, 5.41) is 11.3. The minimum absolute atomic E-state index is 0.0588. The summed E-state index contributed by atoms with van der Waals surface area (Å²) in [6.07, 6.45) is 4.81. The SMILES string of the molecule is Cc1nnc2n1CC(NC(=O)c1cnc(-c3ccccc3)nc1)CC2. The lowest BCUT2D eigenvalue weighted by Gasteiger charge is -2.24. The van der Waals surface area contributed by atoms with Crippen LogP contribution in [0.4, 0.5) is 0 Å². The number of aryl methyl sites for hydroxylation is 2. The lowest BCUT2D eigenvalue weighted by Crippen LogP contribution is -2.41. The van der Waals surface area contributed by atoms with E-state index in [0.717, 1.165) is 30.1 Å². The van der Waals surface area contributed by atoms with Crippen LogP contribution in [0.15, 0.2) is 42.7 Å². The van der Waals surface area contributed by atoms with E-state index in [9.17, 15) is 4.79 Å². The van der Waals surface area contributed by atoms with Crippen LogP contribution in [0.1, 0.15) is 28.4 Å². The fourth-order valence-corrected chi connectivity index (χ4v) is 3.03. The third-order valence-electron chi connectivity index (χ3n) is 4.41. The maximum absolute atomic E-state index is 12.5. The van der Waals surface area contributed by atoms with Gasteiger partial charge < -0.3 is 9.88 Å². The lowest BCUT2D eigenvalue weighted by molar-refractivity contribution is 0.0926. The zero-order chi connectivity index (χ0) is 17.2. The van der Waals surface area contributed by atoms with Crippen molar-refractivity contribution >= 4 is 5.91 Å². The molecule has 1 aliphatic rings. The van der Waals surface area contributed by atoms with Crippen molar-refractivity contribution in [3.63, 3.8) is 0 Å². The molecule has 1 atom stereocenters. The van der Waals surface area contributed by atoms with Crippen molar-refractivity contribution < 1.29 is 4.79 Å².